The second-order valence-corrected chi connectivity index (χ2v) is 8.68. The van der Waals surface area contributed by atoms with Crippen molar-refractivity contribution in [3.8, 4) is 5.88 Å². The molecule has 0 radical (unpaired) electrons. The van der Waals surface area contributed by atoms with Crippen LogP contribution in [0.2, 0.25) is 0 Å². The van der Waals surface area contributed by atoms with E-state index in [0.29, 0.717) is 19.0 Å². The summed E-state index contributed by atoms with van der Waals surface area (Å²) in [5.74, 6) is 0.567. The highest BCUT2D eigenvalue weighted by Crippen LogP contribution is 2.23. The normalized spacial score (nSPS) is 26.0. The van der Waals surface area contributed by atoms with Gasteiger partial charge >= 0.3 is 0 Å². The van der Waals surface area contributed by atoms with E-state index in [9.17, 15) is 8.42 Å². The van der Waals surface area contributed by atoms with Gasteiger partial charge in [-0.25, -0.2) is 4.98 Å². The molecular formula is C17H27N3O4S. The summed E-state index contributed by atoms with van der Waals surface area (Å²) in [5, 5.41) is 0. The van der Waals surface area contributed by atoms with Crippen molar-refractivity contribution in [2.75, 3.05) is 13.1 Å². The summed E-state index contributed by atoms with van der Waals surface area (Å²) in [6, 6.07) is 3.61. The summed E-state index contributed by atoms with van der Waals surface area (Å²) < 4.78 is 40.6. The van der Waals surface area contributed by atoms with Gasteiger partial charge in [0.05, 0.1) is 12.2 Å². The molecule has 140 valence electrons. The predicted octanol–water partition coefficient (Wildman–Crippen LogP) is 1.85. The Morgan fingerprint density at radius 2 is 1.96 bits per heavy atom. The van der Waals surface area contributed by atoms with Crippen LogP contribution in [0.1, 0.15) is 45.1 Å². The molecule has 0 amide bonds. The largest absolute Gasteiger partial charge is 0.474 e. The molecule has 0 aromatic carbocycles. The number of hydrogen-bond acceptors (Lipinski definition) is 5. The number of morpholine rings is 1. The van der Waals surface area contributed by atoms with E-state index in [1.807, 2.05) is 19.9 Å². The maximum Gasteiger partial charge on any atom is 0.279 e. The first-order valence-electron chi connectivity index (χ1n) is 8.94. The molecule has 3 rings (SSSR count). The quantitative estimate of drug-likeness (QED) is 0.828. The van der Waals surface area contributed by atoms with Gasteiger partial charge in [-0.1, -0.05) is 0 Å². The molecule has 1 aromatic heterocycles. The summed E-state index contributed by atoms with van der Waals surface area (Å²) in [7, 11) is -3.54. The zero-order valence-corrected chi connectivity index (χ0v) is 15.7. The Bertz CT molecular complexity index is 666. The number of nitrogens with zero attached hydrogens (tertiary/aromatic N) is 2. The summed E-state index contributed by atoms with van der Waals surface area (Å²) in [6.45, 7) is 4.71. The first-order chi connectivity index (χ1) is 11.9. The van der Waals surface area contributed by atoms with Gasteiger partial charge in [-0.2, -0.15) is 17.4 Å². The van der Waals surface area contributed by atoms with Crippen LogP contribution in [0.25, 0.3) is 0 Å². The third-order valence-electron chi connectivity index (χ3n) is 4.57. The second kappa shape index (κ2) is 7.99. The summed E-state index contributed by atoms with van der Waals surface area (Å²) in [6.07, 6.45) is 6.20. The molecule has 1 saturated carbocycles. The van der Waals surface area contributed by atoms with Crippen molar-refractivity contribution in [1.29, 1.82) is 0 Å². The third-order valence-corrected chi connectivity index (χ3v) is 6.06. The first kappa shape index (κ1) is 18.6. The van der Waals surface area contributed by atoms with Crippen molar-refractivity contribution in [3.05, 3.63) is 23.9 Å². The van der Waals surface area contributed by atoms with E-state index in [1.54, 1.807) is 12.3 Å². The third kappa shape index (κ3) is 5.13. The lowest BCUT2D eigenvalue weighted by Crippen LogP contribution is -2.51. The molecule has 1 aliphatic carbocycles. The zero-order valence-electron chi connectivity index (χ0n) is 14.8. The highest BCUT2D eigenvalue weighted by molar-refractivity contribution is 7.87. The monoisotopic (exact) mass is 369 g/mol. The number of ether oxygens (including phenoxy) is 2. The fourth-order valence-electron chi connectivity index (χ4n) is 3.39. The Morgan fingerprint density at radius 1 is 1.28 bits per heavy atom. The Labute approximate surface area is 149 Å². The van der Waals surface area contributed by atoms with Gasteiger partial charge in [0.2, 0.25) is 5.88 Å². The van der Waals surface area contributed by atoms with Crippen molar-refractivity contribution in [2.45, 2.75) is 64.4 Å². The van der Waals surface area contributed by atoms with E-state index in [1.165, 1.54) is 17.1 Å². The Morgan fingerprint density at radius 3 is 2.64 bits per heavy atom. The maximum atomic E-state index is 12.5. The van der Waals surface area contributed by atoms with Gasteiger partial charge < -0.3 is 9.47 Å². The summed E-state index contributed by atoms with van der Waals surface area (Å²) in [5.41, 5.74) is 0.834. The fourth-order valence-corrected chi connectivity index (χ4v) is 4.74. The molecule has 1 aliphatic heterocycles. The van der Waals surface area contributed by atoms with Crippen molar-refractivity contribution in [1.82, 2.24) is 14.0 Å². The van der Waals surface area contributed by atoms with Crippen LogP contribution in [0.3, 0.4) is 0 Å². The van der Waals surface area contributed by atoms with Gasteiger partial charge in [0.25, 0.3) is 10.2 Å². The van der Waals surface area contributed by atoms with Crippen LogP contribution in [0.15, 0.2) is 18.3 Å². The van der Waals surface area contributed by atoms with Crippen molar-refractivity contribution in [2.24, 2.45) is 0 Å². The average molecular weight is 369 g/mol. The number of aromatic nitrogens is 1. The number of nitrogens with one attached hydrogen (secondary N) is 1. The fraction of sp³-hybridized carbons (Fsp3) is 0.706. The second-order valence-electron chi connectivity index (χ2n) is 6.93. The van der Waals surface area contributed by atoms with Gasteiger partial charge in [-0.3, -0.25) is 0 Å². The molecule has 2 aliphatic rings. The van der Waals surface area contributed by atoms with Gasteiger partial charge in [-0.05, 0) is 51.2 Å². The van der Waals surface area contributed by atoms with Crippen LogP contribution in [0.5, 0.6) is 5.88 Å². The minimum atomic E-state index is -3.54. The molecule has 0 unspecified atom stereocenters. The van der Waals surface area contributed by atoms with Crippen molar-refractivity contribution in [3.63, 3.8) is 0 Å². The summed E-state index contributed by atoms with van der Waals surface area (Å²) >= 11 is 0. The van der Waals surface area contributed by atoms with Crippen LogP contribution >= 0.6 is 0 Å². The van der Waals surface area contributed by atoms with Gasteiger partial charge in [-0.15, -0.1) is 0 Å². The van der Waals surface area contributed by atoms with Crippen molar-refractivity contribution < 1.29 is 17.9 Å². The molecule has 1 aromatic rings. The lowest BCUT2D eigenvalue weighted by atomic mass is 10.2. The SMILES string of the molecule is C[C@@H]1CN(S(=O)(=O)NCc2ccnc(OC3CCCC3)c2)C[C@@H](C)O1. The van der Waals surface area contributed by atoms with E-state index >= 15 is 0 Å². The van der Waals surface area contributed by atoms with E-state index in [4.69, 9.17) is 9.47 Å². The maximum absolute atomic E-state index is 12.5. The Hall–Kier alpha value is -1.22. The van der Waals surface area contributed by atoms with E-state index in [0.717, 1.165) is 18.4 Å². The van der Waals surface area contributed by atoms with Crippen LogP contribution in [0.4, 0.5) is 0 Å². The molecule has 0 bridgehead atoms. The van der Waals surface area contributed by atoms with E-state index in [-0.39, 0.29) is 24.9 Å². The lowest BCUT2D eigenvalue weighted by Gasteiger charge is -2.34. The first-order valence-corrected chi connectivity index (χ1v) is 10.4. The Kier molecular flexibility index (Phi) is 5.93. The molecule has 8 heteroatoms. The van der Waals surface area contributed by atoms with Gasteiger partial charge in [0.15, 0.2) is 0 Å². The average Bonchev–Trinajstić information content (AvgIpc) is 3.05. The topological polar surface area (TPSA) is 80.8 Å². The molecule has 2 atom stereocenters. The van der Waals surface area contributed by atoms with Crippen molar-refractivity contribution >= 4 is 10.2 Å². The van der Waals surface area contributed by atoms with Crippen LogP contribution in [-0.4, -0.2) is 49.1 Å². The van der Waals surface area contributed by atoms with Crippen LogP contribution in [-0.2, 0) is 21.5 Å². The molecular weight excluding hydrogens is 342 g/mol. The van der Waals surface area contributed by atoms with Crippen LogP contribution < -0.4 is 9.46 Å². The molecule has 2 heterocycles. The molecule has 2 fully saturated rings. The molecule has 25 heavy (non-hydrogen) atoms. The summed E-state index contributed by atoms with van der Waals surface area (Å²) in [4.78, 5) is 4.23. The number of hydrogen-bond donors (Lipinski definition) is 1. The molecule has 0 spiro atoms. The highest BCUT2D eigenvalue weighted by Gasteiger charge is 2.30. The van der Waals surface area contributed by atoms with Gasteiger partial charge in [0, 0.05) is 31.9 Å². The van der Waals surface area contributed by atoms with Crippen LogP contribution in [0, 0.1) is 0 Å². The molecule has 1 saturated heterocycles. The minimum absolute atomic E-state index is 0.104. The number of pyridine rings is 1. The predicted molar refractivity (Wildman–Crippen MR) is 94.5 cm³/mol. The lowest BCUT2D eigenvalue weighted by molar-refractivity contribution is -0.0444. The van der Waals surface area contributed by atoms with E-state index in [2.05, 4.69) is 9.71 Å². The van der Waals surface area contributed by atoms with Gasteiger partial charge in [0.1, 0.15) is 6.10 Å². The zero-order chi connectivity index (χ0) is 17.9. The highest BCUT2D eigenvalue weighted by atomic mass is 32.2. The van der Waals surface area contributed by atoms with E-state index < -0.39 is 10.2 Å². The smallest absolute Gasteiger partial charge is 0.279 e. The molecule has 1 N–H and O–H groups in total. The standard InChI is InChI=1S/C17H27N3O4S/c1-13-11-20(12-14(2)23-13)25(21,22)19-10-15-7-8-18-17(9-15)24-16-5-3-4-6-16/h7-9,13-14,16,19H,3-6,10-12H2,1-2H3/t13-,14-/m1/s1. The minimum Gasteiger partial charge on any atom is -0.474 e. The Balaban J connectivity index is 1.58. The molecule has 7 nitrogen and oxygen atoms in total. The number of rotatable bonds is 6.